The van der Waals surface area contributed by atoms with Crippen molar-refractivity contribution in [3.05, 3.63) is 48.4 Å². The smallest absolute Gasteiger partial charge is 0.206 e. The molecule has 5 rings (SSSR count). The molecule has 1 aromatic carbocycles. The third-order valence-corrected chi connectivity index (χ3v) is 7.39. The maximum atomic E-state index is 10.3. The first-order chi connectivity index (χ1) is 18.0. The second-order valence-electron chi connectivity index (χ2n) is 9.84. The van der Waals surface area contributed by atoms with Crippen LogP contribution in [-0.4, -0.2) is 75.0 Å². The number of aromatic hydroxyl groups is 1. The number of para-hydroxylation sites is 1. The van der Waals surface area contributed by atoms with E-state index in [1.54, 1.807) is 18.3 Å². The summed E-state index contributed by atoms with van der Waals surface area (Å²) < 4.78 is 0. The van der Waals surface area contributed by atoms with Crippen molar-refractivity contribution < 1.29 is 5.11 Å². The Morgan fingerprint density at radius 3 is 2.70 bits per heavy atom. The first-order valence-electron chi connectivity index (χ1n) is 13.0. The van der Waals surface area contributed by atoms with Gasteiger partial charge in [-0.1, -0.05) is 18.1 Å². The lowest BCUT2D eigenvalue weighted by atomic mass is 10.1. The quantitative estimate of drug-likeness (QED) is 0.525. The highest BCUT2D eigenvalue weighted by atomic mass is 16.3. The first-order valence-corrected chi connectivity index (χ1v) is 13.0. The molecule has 3 aromatic rings. The van der Waals surface area contributed by atoms with E-state index in [1.165, 1.54) is 12.8 Å². The van der Waals surface area contributed by atoms with Crippen LogP contribution in [0.25, 0.3) is 11.3 Å². The number of nitrogens with zero attached hydrogens (tertiary/aromatic N) is 7. The van der Waals surface area contributed by atoms with E-state index in [0.29, 0.717) is 28.9 Å². The molecule has 2 aliphatic rings. The number of rotatable bonds is 4. The monoisotopic (exact) mass is 498 g/mol. The van der Waals surface area contributed by atoms with Crippen LogP contribution in [0.15, 0.2) is 42.6 Å². The Balaban J connectivity index is 1.31. The normalized spacial score (nSPS) is 20.4. The zero-order chi connectivity index (χ0) is 25.8. The number of likely N-dealkylation sites (tertiary alicyclic amines) is 1. The van der Waals surface area contributed by atoms with Crippen LogP contribution in [0.3, 0.4) is 0 Å². The molecule has 37 heavy (non-hydrogen) atoms. The van der Waals surface area contributed by atoms with Crippen molar-refractivity contribution in [3.8, 4) is 28.8 Å². The number of anilines is 3. The molecule has 192 valence electrons. The number of hydrogen-bond acceptors (Lipinski definition) is 9. The van der Waals surface area contributed by atoms with Gasteiger partial charge < -0.3 is 20.6 Å². The molecule has 0 unspecified atom stereocenters. The van der Waals surface area contributed by atoms with Gasteiger partial charge in [-0.15, -0.1) is 10.2 Å². The van der Waals surface area contributed by atoms with Gasteiger partial charge >= 0.3 is 0 Å². The van der Waals surface area contributed by atoms with Gasteiger partial charge in [-0.2, -0.15) is 0 Å². The molecular formula is C28H34N8O. The average Bonchev–Trinajstić information content (AvgIpc) is 3.21. The molecule has 2 aliphatic heterocycles. The number of phenolic OH excluding ortho intramolecular Hbond substituents is 1. The summed E-state index contributed by atoms with van der Waals surface area (Å²) in [5.74, 6) is 8.43. The van der Waals surface area contributed by atoms with E-state index in [-0.39, 0.29) is 11.8 Å². The fourth-order valence-corrected chi connectivity index (χ4v) is 5.12. The summed E-state index contributed by atoms with van der Waals surface area (Å²) in [5, 5.41) is 18.7. The third-order valence-electron chi connectivity index (χ3n) is 7.39. The van der Waals surface area contributed by atoms with Gasteiger partial charge in [0.15, 0.2) is 5.82 Å². The highest BCUT2D eigenvalue weighted by molar-refractivity contribution is 5.74. The molecule has 0 saturated carbocycles. The minimum Gasteiger partial charge on any atom is -0.507 e. The number of nitrogens with two attached hydrogens (primary N) is 1. The summed E-state index contributed by atoms with van der Waals surface area (Å²) in [6.45, 7) is 8.69. The average molecular weight is 499 g/mol. The van der Waals surface area contributed by atoms with Crippen molar-refractivity contribution in [2.45, 2.75) is 45.2 Å². The molecule has 2 aromatic heterocycles. The van der Waals surface area contributed by atoms with Crippen molar-refractivity contribution in [3.63, 3.8) is 0 Å². The molecule has 0 amide bonds. The molecule has 9 nitrogen and oxygen atoms in total. The van der Waals surface area contributed by atoms with Gasteiger partial charge in [-0.25, -0.2) is 9.97 Å². The summed E-state index contributed by atoms with van der Waals surface area (Å²) in [7, 11) is 0. The van der Waals surface area contributed by atoms with E-state index < -0.39 is 0 Å². The number of phenols is 1. The van der Waals surface area contributed by atoms with Crippen molar-refractivity contribution >= 4 is 17.3 Å². The molecule has 2 atom stereocenters. The fourth-order valence-electron chi connectivity index (χ4n) is 5.12. The Bertz CT molecular complexity index is 1300. The van der Waals surface area contributed by atoms with Crippen molar-refractivity contribution in [2.75, 3.05) is 48.3 Å². The van der Waals surface area contributed by atoms with Crippen LogP contribution in [0.1, 0.15) is 38.9 Å². The van der Waals surface area contributed by atoms with E-state index in [1.807, 2.05) is 24.3 Å². The summed E-state index contributed by atoms with van der Waals surface area (Å²) in [6.07, 6.45) is 5.21. The predicted octanol–water partition coefficient (Wildman–Crippen LogP) is 3.16. The van der Waals surface area contributed by atoms with Gasteiger partial charge in [-0.3, -0.25) is 4.90 Å². The van der Waals surface area contributed by atoms with Crippen molar-refractivity contribution in [1.29, 1.82) is 0 Å². The molecule has 4 heterocycles. The van der Waals surface area contributed by atoms with Crippen LogP contribution in [0, 0.1) is 11.8 Å². The van der Waals surface area contributed by atoms with Gasteiger partial charge in [0.05, 0.1) is 17.9 Å². The van der Waals surface area contributed by atoms with Gasteiger partial charge in [-0.05, 0) is 69.8 Å². The van der Waals surface area contributed by atoms with E-state index >= 15 is 0 Å². The Labute approximate surface area is 218 Å². The molecule has 0 bridgehead atoms. The third kappa shape index (κ3) is 5.59. The van der Waals surface area contributed by atoms with Crippen LogP contribution in [0.5, 0.6) is 5.75 Å². The molecule has 2 saturated heterocycles. The number of hydrogen-bond donors (Lipinski definition) is 2. The minimum atomic E-state index is 0.167. The van der Waals surface area contributed by atoms with Gasteiger partial charge in [0.2, 0.25) is 5.82 Å². The van der Waals surface area contributed by atoms with Crippen LogP contribution in [-0.2, 0) is 0 Å². The van der Waals surface area contributed by atoms with Crippen molar-refractivity contribution in [2.24, 2.45) is 0 Å². The SMILES string of the molecule is C[C@H]1CCCN1CC#Cc1nccc(N2CCN(c3cc(-c4ccccc4O)nnc3N)CC[C@@H]2C)n1. The Morgan fingerprint density at radius 1 is 1.03 bits per heavy atom. The topological polar surface area (TPSA) is 108 Å². The molecule has 9 heteroatoms. The molecule has 2 fully saturated rings. The lowest BCUT2D eigenvalue weighted by Gasteiger charge is -2.28. The summed E-state index contributed by atoms with van der Waals surface area (Å²) in [4.78, 5) is 16.1. The van der Waals surface area contributed by atoms with E-state index in [9.17, 15) is 5.11 Å². The summed E-state index contributed by atoms with van der Waals surface area (Å²) in [6, 6.07) is 11.9. The van der Waals surface area contributed by atoms with Gasteiger partial charge in [0.25, 0.3) is 0 Å². The first kappa shape index (κ1) is 24.8. The standard InChI is InChI=1S/C28H34N8O/c1-20-7-5-14-34(20)15-6-10-26-30-13-11-27(31-26)36-18-17-35(16-12-21(36)2)24-19-23(32-33-28(24)29)22-8-3-4-9-25(22)37/h3-4,8-9,11,13,19-21,37H,5,7,12,14-18H2,1-2H3,(H2,29,33)/t20-,21-/m0/s1. The number of benzene rings is 1. The second-order valence-corrected chi connectivity index (χ2v) is 9.84. The van der Waals surface area contributed by atoms with E-state index in [4.69, 9.17) is 10.7 Å². The Morgan fingerprint density at radius 2 is 1.89 bits per heavy atom. The summed E-state index contributed by atoms with van der Waals surface area (Å²) in [5.41, 5.74) is 8.31. The minimum absolute atomic E-state index is 0.167. The fraction of sp³-hybridized carbons (Fsp3) is 0.429. The highest BCUT2D eigenvalue weighted by Gasteiger charge is 2.24. The zero-order valence-corrected chi connectivity index (χ0v) is 21.5. The van der Waals surface area contributed by atoms with Crippen LogP contribution in [0.4, 0.5) is 17.3 Å². The predicted molar refractivity (Wildman–Crippen MR) is 146 cm³/mol. The van der Waals surface area contributed by atoms with Gasteiger partial charge in [0.1, 0.15) is 11.6 Å². The molecule has 0 spiro atoms. The Kier molecular flexibility index (Phi) is 7.37. The largest absolute Gasteiger partial charge is 0.507 e. The summed E-state index contributed by atoms with van der Waals surface area (Å²) >= 11 is 0. The van der Waals surface area contributed by atoms with Crippen molar-refractivity contribution in [1.82, 2.24) is 25.1 Å². The number of nitrogen functional groups attached to an aromatic ring is 1. The van der Waals surface area contributed by atoms with Crippen LogP contribution < -0.4 is 15.5 Å². The van der Waals surface area contributed by atoms with Gasteiger partial charge in [0, 0.05) is 43.5 Å². The maximum absolute atomic E-state index is 10.3. The Hall–Kier alpha value is -3.90. The maximum Gasteiger partial charge on any atom is 0.206 e. The van der Waals surface area contributed by atoms with Crippen LogP contribution >= 0.6 is 0 Å². The lowest BCUT2D eigenvalue weighted by molar-refractivity contribution is 0.303. The van der Waals surface area contributed by atoms with E-state index in [2.05, 4.69) is 55.6 Å². The van der Waals surface area contributed by atoms with Crippen LogP contribution in [0.2, 0.25) is 0 Å². The molecule has 3 N–H and O–H groups in total. The number of aromatic nitrogens is 4. The molecule has 0 aliphatic carbocycles. The highest BCUT2D eigenvalue weighted by Crippen LogP contribution is 2.32. The molecular weight excluding hydrogens is 464 g/mol. The second kappa shape index (κ2) is 11.0. The lowest BCUT2D eigenvalue weighted by Crippen LogP contribution is -2.35. The zero-order valence-electron chi connectivity index (χ0n) is 21.5. The molecule has 0 radical (unpaired) electrons. The van der Waals surface area contributed by atoms with E-state index in [0.717, 1.165) is 50.6 Å².